The Morgan fingerprint density at radius 2 is 1.86 bits per heavy atom. The molecule has 0 atom stereocenters. The fraction of sp³-hybridized carbons (Fsp3) is 0.133. The van der Waals surface area contributed by atoms with Crippen LogP contribution in [0.5, 0.6) is 5.75 Å². The third-order valence-corrected chi connectivity index (χ3v) is 4.03. The van der Waals surface area contributed by atoms with Gasteiger partial charge in [-0.2, -0.15) is 5.26 Å². The van der Waals surface area contributed by atoms with Gasteiger partial charge in [-0.15, -0.1) is 0 Å². The van der Waals surface area contributed by atoms with Gasteiger partial charge in [0.05, 0.1) is 20.6 Å². The van der Waals surface area contributed by atoms with Crippen molar-refractivity contribution in [3.8, 4) is 11.8 Å². The molecule has 2 N–H and O–H groups in total. The molecular formula is C15H11Br2FN2O. The Balaban J connectivity index is 2.25. The first-order chi connectivity index (χ1) is 10.0. The molecular weight excluding hydrogens is 403 g/mol. The molecule has 2 rings (SSSR count). The minimum atomic E-state index is -0.399. The molecule has 108 valence electrons. The zero-order valence-corrected chi connectivity index (χ0v) is 14.0. The average Bonchev–Trinajstić information content (AvgIpc) is 2.46. The quantitative estimate of drug-likeness (QED) is 0.814. The topological polar surface area (TPSA) is 59.0 Å². The van der Waals surface area contributed by atoms with Crippen LogP contribution >= 0.6 is 31.9 Å². The van der Waals surface area contributed by atoms with Crippen LogP contribution in [-0.2, 0) is 13.2 Å². The molecule has 0 saturated heterocycles. The molecule has 21 heavy (non-hydrogen) atoms. The largest absolute Gasteiger partial charge is 0.486 e. The molecule has 0 amide bonds. The number of ether oxygens (including phenoxy) is 1. The van der Waals surface area contributed by atoms with Gasteiger partial charge in [-0.05, 0) is 67.8 Å². The maximum Gasteiger partial charge on any atom is 0.148 e. The van der Waals surface area contributed by atoms with Gasteiger partial charge in [0.15, 0.2) is 0 Å². The second kappa shape index (κ2) is 7.03. The molecule has 3 nitrogen and oxygen atoms in total. The van der Waals surface area contributed by atoms with Gasteiger partial charge in [0.1, 0.15) is 18.2 Å². The first-order valence-corrected chi connectivity index (χ1v) is 7.63. The van der Waals surface area contributed by atoms with E-state index in [-0.39, 0.29) is 6.61 Å². The van der Waals surface area contributed by atoms with Gasteiger partial charge < -0.3 is 10.5 Å². The van der Waals surface area contributed by atoms with Crippen LogP contribution in [0.15, 0.2) is 39.3 Å². The Kier molecular flexibility index (Phi) is 5.34. The number of benzene rings is 2. The zero-order valence-electron chi connectivity index (χ0n) is 10.9. The smallest absolute Gasteiger partial charge is 0.148 e. The summed E-state index contributed by atoms with van der Waals surface area (Å²) >= 11 is 6.83. The van der Waals surface area contributed by atoms with Gasteiger partial charge >= 0.3 is 0 Å². The highest BCUT2D eigenvalue weighted by Gasteiger charge is 2.11. The molecule has 0 heterocycles. The van der Waals surface area contributed by atoms with Gasteiger partial charge in [0.25, 0.3) is 0 Å². The second-order valence-corrected chi connectivity index (χ2v) is 6.00. The third kappa shape index (κ3) is 3.82. The molecule has 0 unspecified atom stereocenters. The maximum absolute atomic E-state index is 13.3. The van der Waals surface area contributed by atoms with Crippen LogP contribution in [0.3, 0.4) is 0 Å². The molecule has 0 spiro atoms. The highest BCUT2D eigenvalue weighted by molar-refractivity contribution is 9.11. The van der Waals surface area contributed by atoms with E-state index in [4.69, 9.17) is 15.7 Å². The van der Waals surface area contributed by atoms with Crippen molar-refractivity contribution in [2.45, 2.75) is 13.2 Å². The van der Waals surface area contributed by atoms with Crippen molar-refractivity contribution in [2.24, 2.45) is 5.73 Å². The van der Waals surface area contributed by atoms with Gasteiger partial charge in [0, 0.05) is 12.1 Å². The Morgan fingerprint density at radius 3 is 2.43 bits per heavy atom. The summed E-state index contributed by atoms with van der Waals surface area (Å²) in [5, 5.41) is 9.02. The molecule has 0 aliphatic rings. The highest BCUT2D eigenvalue weighted by atomic mass is 79.9. The summed E-state index contributed by atoms with van der Waals surface area (Å²) in [6.45, 7) is 0.514. The van der Waals surface area contributed by atoms with E-state index < -0.39 is 5.82 Å². The second-order valence-electron chi connectivity index (χ2n) is 4.29. The normalized spacial score (nSPS) is 10.2. The summed E-state index contributed by atoms with van der Waals surface area (Å²) in [7, 11) is 0. The molecule has 2 aromatic carbocycles. The monoisotopic (exact) mass is 412 g/mol. The standard InChI is InChI=1S/C15H11Br2FN2O/c16-13-3-9(6-19)4-14(17)15(13)21-8-11-5-12(18)2-1-10(11)7-20/h1-5H,6,8,19H2. The Labute approximate surface area is 138 Å². The van der Waals surface area contributed by atoms with E-state index in [1.54, 1.807) is 0 Å². The van der Waals surface area contributed by atoms with E-state index in [2.05, 4.69) is 31.9 Å². The summed E-state index contributed by atoms with van der Waals surface area (Å²) < 4.78 is 20.5. The van der Waals surface area contributed by atoms with Crippen molar-refractivity contribution >= 4 is 31.9 Å². The van der Waals surface area contributed by atoms with Crippen molar-refractivity contribution < 1.29 is 9.13 Å². The van der Waals surface area contributed by atoms with Crippen LogP contribution in [0.25, 0.3) is 0 Å². The fourth-order valence-electron chi connectivity index (χ4n) is 1.81. The Bertz CT molecular complexity index is 690. The summed E-state index contributed by atoms with van der Waals surface area (Å²) in [4.78, 5) is 0. The van der Waals surface area contributed by atoms with Crippen LogP contribution < -0.4 is 10.5 Å². The predicted molar refractivity (Wildman–Crippen MR) is 85.2 cm³/mol. The van der Waals surface area contributed by atoms with Gasteiger partial charge in [-0.1, -0.05) is 0 Å². The highest BCUT2D eigenvalue weighted by Crippen LogP contribution is 2.35. The molecule has 2 aromatic rings. The van der Waals surface area contributed by atoms with Crippen molar-refractivity contribution in [1.82, 2.24) is 0 Å². The number of halogens is 3. The lowest BCUT2D eigenvalue weighted by Crippen LogP contribution is -2.02. The fourth-order valence-corrected chi connectivity index (χ4v) is 3.32. The predicted octanol–water partition coefficient (Wildman–Crippen LogP) is 4.26. The SMILES string of the molecule is N#Cc1ccc(F)cc1COc1c(Br)cc(CN)cc1Br. The Morgan fingerprint density at radius 1 is 1.19 bits per heavy atom. The van der Waals surface area contributed by atoms with Crippen molar-refractivity contribution in [1.29, 1.82) is 5.26 Å². The molecule has 0 radical (unpaired) electrons. The van der Waals surface area contributed by atoms with Crippen molar-refractivity contribution in [3.05, 3.63) is 61.8 Å². The summed E-state index contributed by atoms with van der Waals surface area (Å²) in [6, 6.07) is 9.73. The molecule has 0 aliphatic heterocycles. The first-order valence-electron chi connectivity index (χ1n) is 6.04. The zero-order chi connectivity index (χ0) is 15.4. The van der Waals surface area contributed by atoms with E-state index in [1.165, 1.54) is 18.2 Å². The first kappa shape index (κ1) is 16.0. The van der Waals surface area contributed by atoms with E-state index >= 15 is 0 Å². The summed E-state index contributed by atoms with van der Waals surface area (Å²) in [6.07, 6.45) is 0. The van der Waals surface area contributed by atoms with Crippen LogP contribution in [0.1, 0.15) is 16.7 Å². The Hall–Kier alpha value is -1.42. The maximum atomic E-state index is 13.3. The van der Waals surface area contributed by atoms with Crippen molar-refractivity contribution in [3.63, 3.8) is 0 Å². The van der Waals surface area contributed by atoms with Crippen molar-refractivity contribution in [2.75, 3.05) is 0 Å². The summed E-state index contributed by atoms with van der Waals surface area (Å²) in [5.41, 5.74) is 7.44. The summed E-state index contributed by atoms with van der Waals surface area (Å²) in [5.74, 6) is 0.185. The van der Waals surface area contributed by atoms with Crippen LogP contribution in [0, 0.1) is 17.1 Å². The van der Waals surface area contributed by atoms with E-state index in [9.17, 15) is 4.39 Å². The van der Waals surface area contributed by atoms with Crippen LogP contribution in [0.4, 0.5) is 4.39 Å². The van der Waals surface area contributed by atoms with Gasteiger partial charge in [-0.25, -0.2) is 4.39 Å². The minimum Gasteiger partial charge on any atom is -0.486 e. The minimum absolute atomic E-state index is 0.0970. The number of nitriles is 1. The van der Waals surface area contributed by atoms with Crippen LogP contribution in [-0.4, -0.2) is 0 Å². The molecule has 6 heteroatoms. The lowest BCUT2D eigenvalue weighted by molar-refractivity contribution is 0.301. The third-order valence-electron chi connectivity index (χ3n) is 2.85. The lowest BCUT2D eigenvalue weighted by atomic mass is 10.1. The molecule has 0 saturated carbocycles. The van der Waals surface area contributed by atoms with Crippen LogP contribution in [0.2, 0.25) is 0 Å². The van der Waals surface area contributed by atoms with E-state index in [0.717, 1.165) is 14.5 Å². The lowest BCUT2D eigenvalue weighted by Gasteiger charge is -2.12. The molecule has 0 aromatic heterocycles. The number of hydrogen-bond donors (Lipinski definition) is 1. The number of rotatable bonds is 4. The number of nitrogens with two attached hydrogens (primary N) is 1. The van der Waals surface area contributed by atoms with E-state index in [1.807, 2.05) is 18.2 Å². The number of nitrogens with zero attached hydrogens (tertiary/aromatic N) is 1. The molecule has 0 fully saturated rings. The molecule has 0 aliphatic carbocycles. The van der Waals surface area contributed by atoms with Gasteiger partial charge in [0.2, 0.25) is 0 Å². The number of hydrogen-bond acceptors (Lipinski definition) is 3. The average molecular weight is 414 g/mol. The van der Waals surface area contributed by atoms with Gasteiger partial charge in [-0.3, -0.25) is 0 Å². The van der Waals surface area contributed by atoms with E-state index in [0.29, 0.717) is 23.4 Å². The molecule has 0 bridgehead atoms.